The summed E-state index contributed by atoms with van der Waals surface area (Å²) < 4.78 is 0. The summed E-state index contributed by atoms with van der Waals surface area (Å²) in [5.41, 5.74) is 3.45. The third kappa shape index (κ3) is 2.81. The number of benzene rings is 1. The van der Waals surface area contributed by atoms with E-state index in [-0.39, 0.29) is 0 Å². The van der Waals surface area contributed by atoms with E-state index in [0.717, 1.165) is 18.7 Å². The third-order valence-electron chi connectivity index (χ3n) is 2.79. The van der Waals surface area contributed by atoms with Gasteiger partial charge in [0, 0.05) is 19.3 Å². The standard InChI is InChI=1S/C12H16N4OS/c1-16-7-6-9-8-10(4-5-11(9)16)13-14-12(18-3)15-17-2/h4-5,8H,6-7H2,1-3H3/b14-13+,15-12-. The highest BCUT2D eigenvalue weighted by Gasteiger charge is 2.15. The molecule has 0 fully saturated rings. The molecule has 0 bridgehead atoms. The van der Waals surface area contributed by atoms with Crippen LogP contribution in [-0.4, -0.2) is 32.1 Å². The zero-order valence-corrected chi connectivity index (χ0v) is 11.6. The summed E-state index contributed by atoms with van der Waals surface area (Å²) in [6.45, 7) is 1.07. The molecule has 0 saturated carbocycles. The van der Waals surface area contributed by atoms with E-state index < -0.39 is 0 Å². The summed E-state index contributed by atoms with van der Waals surface area (Å²) in [6, 6.07) is 6.13. The molecule has 2 rings (SSSR count). The molecule has 0 N–H and O–H groups in total. The second-order valence-corrected chi connectivity index (χ2v) is 4.72. The largest absolute Gasteiger partial charge is 0.397 e. The first-order valence-corrected chi connectivity index (χ1v) is 6.88. The number of oxime groups is 1. The van der Waals surface area contributed by atoms with Gasteiger partial charge in [0.1, 0.15) is 7.11 Å². The fraction of sp³-hybridized carbons (Fsp3) is 0.417. The number of amidine groups is 1. The molecule has 1 heterocycles. The van der Waals surface area contributed by atoms with Gasteiger partial charge in [-0.3, -0.25) is 0 Å². The lowest BCUT2D eigenvalue weighted by Crippen LogP contribution is -2.12. The van der Waals surface area contributed by atoms with Crippen molar-refractivity contribution in [2.24, 2.45) is 15.4 Å². The Hall–Kier alpha value is -1.56. The Bertz CT molecular complexity index is 487. The molecule has 0 radical (unpaired) electrons. The molecule has 0 amide bonds. The molecule has 0 spiro atoms. The Morgan fingerprint density at radius 2 is 2.28 bits per heavy atom. The lowest BCUT2D eigenvalue weighted by Gasteiger charge is -2.11. The molecule has 0 atom stereocenters. The summed E-state index contributed by atoms with van der Waals surface area (Å²) in [7, 11) is 3.60. The molecule has 1 aromatic rings. The first-order valence-electron chi connectivity index (χ1n) is 5.65. The fourth-order valence-electron chi connectivity index (χ4n) is 1.89. The van der Waals surface area contributed by atoms with Crippen molar-refractivity contribution in [2.45, 2.75) is 6.42 Å². The summed E-state index contributed by atoms with van der Waals surface area (Å²) >= 11 is 1.40. The molecule has 5 nitrogen and oxygen atoms in total. The van der Waals surface area contributed by atoms with Crippen molar-refractivity contribution in [3.63, 3.8) is 0 Å². The van der Waals surface area contributed by atoms with Crippen LogP contribution in [0.2, 0.25) is 0 Å². The van der Waals surface area contributed by atoms with Gasteiger partial charge in [-0.15, -0.1) is 10.2 Å². The van der Waals surface area contributed by atoms with Gasteiger partial charge < -0.3 is 9.74 Å². The van der Waals surface area contributed by atoms with Gasteiger partial charge in [0.2, 0.25) is 5.17 Å². The van der Waals surface area contributed by atoms with Crippen LogP contribution < -0.4 is 4.90 Å². The Morgan fingerprint density at radius 1 is 1.44 bits per heavy atom. The molecule has 18 heavy (non-hydrogen) atoms. The van der Waals surface area contributed by atoms with Crippen molar-refractivity contribution in [1.82, 2.24) is 0 Å². The predicted octanol–water partition coefficient (Wildman–Crippen LogP) is 3.04. The van der Waals surface area contributed by atoms with Gasteiger partial charge in [-0.05, 0) is 36.4 Å². The number of fused-ring (bicyclic) bond motifs is 1. The number of rotatable bonds is 2. The van der Waals surface area contributed by atoms with Crippen LogP contribution in [0.1, 0.15) is 5.56 Å². The highest BCUT2D eigenvalue weighted by atomic mass is 32.2. The van der Waals surface area contributed by atoms with Crippen molar-refractivity contribution in [3.05, 3.63) is 23.8 Å². The lowest BCUT2D eigenvalue weighted by molar-refractivity contribution is 0.214. The maximum atomic E-state index is 4.68. The van der Waals surface area contributed by atoms with Crippen LogP contribution in [0, 0.1) is 0 Å². The predicted molar refractivity (Wildman–Crippen MR) is 75.9 cm³/mol. The Kier molecular flexibility index (Phi) is 4.19. The molecule has 96 valence electrons. The summed E-state index contributed by atoms with van der Waals surface area (Å²) in [6.07, 6.45) is 2.95. The summed E-state index contributed by atoms with van der Waals surface area (Å²) in [5.74, 6) is 0. The van der Waals surface area contributed by atoms with Crippen LogP contribution in [0.3, 0.4) is 0 Å². The average molecular weight is 264 g/mol. The quantitative estimate of drug-likeness (QED) is 0.357. The van der Waals surface area contributed by atoms with Crippen molar-refractivity contribution in [3.8, 4) is 0 Å². The number of anilines is 1. The van der Waals surface area contributed by atoms with Gasteiger partial charge >= 0.3 is 0 Å². The van der Waals surface area contributed by atoms with E-state index in [4.69, 9.17) is 0 Å². The van der Waals surface area contributed by atoms with Crippen LogP contribution in [0.25, 0.3) is 0 Å². The zero-order valence-electron chi connectivity index (χ0n) is 10.8. The lowest BCUT2D eigenvalue weighted by atomic mass is 10.1. The molecule has 0 aliphatic carbocycles. The smallest absolute Gasteiger partial charge is 0.246 e. The summed E-state index contributed by atoms with van der Waals surface area (Å²) in [5, 5.41) is 12.5. The zero-order chi connectivity index (χ0) is 13.0. The van der Waals surface area contributed by atoms with Crippen LogP contribution in [-0.2, 0) is 11.3 Å². The Morgan fingerprint density at radius 3 is 3.00 bits per heavy atom. The average Bonchev–Trinajstić information content (AvgIpc) is 2.76. The Balaban J connectivity index is 2.16. The molecular formula is C12H16N4OS. The molecular weight excluding hydrogens is 248 g/mol. The van der Waals surface area contributed by atoms with E-state index in [2.05, 4.69) is 44.3 Å². The van der Waals surface area contributed by atoms with Crippen LogP contribution in [0.15, 0.2) is 33.6 Å². The molecule has 0 saturated heterocycles. The van der Waals surface area contributed by atoms with E-state index in [9.17, 15) is 0 Å². The van der Waals surface area contributed by atoms with Crippen molar-refractivity contribution in [2.75, 3.05) is 31.9 Å². The van der Waals surface area contributed by atoms with Gasteiger partial charge in [-0.1, -0.05) is 16.9 Å². The number of nitrogens with zero attached hydrogens (tertiary/aromatic N) is 4. The Labute approximate surface area is 111 Å². The minimum Gasteiger partial charge on any atom is -0.397 e. The van der Waals surface area contributed by atoms with Crippen LogP contribution >= 0.6 is 11.8 Å². The first-order chi connectivity index (χ1) is 8.74. The van der Waals surface area contributed by atoms with Gasteiger partial charge in [0.25, 0.3) is 0 Å². The van der Waals surface area contributed by atoms with Crippen molar-refractivity contribution >= 4 is 28.3 Å². The molecule has 1 aliphatic heterocycles. The van der Waals surface area contributed by atoms with E-state index in [1.165, 1.54) is 30.1 Å². The molecule has 6 heteroatoms. The third-order valence-corrected chi connectivity index (χ3v) is 3.32. The van der Waals surface area contributed by atoms with E-state index >= 15 is 0 Å². The maximum absolute atomic E-state index is 4.68. The second-order valence-electron chi connectivity index (χ2n) is 3.95. The van der Waals surface area contributed by atoms with Crippen LogP contribution in [0.4, 0.5) is 11.4 Å². The van der Waals surface area contributed by atoms with Gasteiger partial charge in [0.05, 0.1) is 5.69 Å². The normalized spacial score (nSPS) is 15.3. The van der Waals surface area contributed by atoms with Crippen molar-refractivity contribution < 1.29 is 4.84 Å². The number of thioether (sulfide) groups is 1. The topological polar surface area (TPSA) is 49.6 Å². The summed E-state index contributed by atoms with van der Waals surface area (Å²) in [4.78, 5) is 6.92. The van der Waals surface area contributed by atoms with E-state index in [0.29, 0.717) is 5.17 Å². The molecule has 0 unspecified atom stereocenters. The van der Waals surface area contributed by atoms with Gasteiger partial charge in [-0.25, -0.2) is 0 Å². The van der Waals surface area contributed by atoms with E-state index in [1.807, 2.05) is 12.3 Å². The number of hydrogen-bond donors (Lipinski definition) is 0. The first kappa shape index (κ1) is 12.9. The monoisotopic (exact) mass is 264 g/mol. The van der Waals surface area contributed by atoms with Gasteiger partial charge in [-0.2, -0.15) is 0 Å². The minimum atomic E-state index is 0.509. The molecule has 1 aromatic carbocycles. The van der Waals surface area contributed by atoms with Crippen molar-refractivity contribution in [1.29, 1.82) is 0 Å². The van der Waals surface area contributed by atoms with E-state index in [1.54, 1.807) is 0 Å². The number of likely N-dealkylation sites (N-methyl/N-ethyl adjacent to an activating group) is 1. The SMILES string of the molecule is CO/N=C(/N=N/c1ccc2c(c1)CCN2C)SC. The van der Waals surface area contributed by atoms with Crippen LogP contribution in [0.5, 0.6) is 0 Å². The maximum Gasteiger partial charge on any atom is 0.246 e. The molecule has 0 aromatic heterocycles. The number of hydrogen-bond acceptors (Lipinski definition) is 5. The molecule has 1 aliphatic rings. The van der Waals surface area contributed by atoms with Gasteiger partial charge in [0.15, 0.2) is 0 Å². The highest BCUT2D eigenvalue weighted by Crippen LogP contribution is 2.30. The number of azo groups is 1. The highest BCUT2D eigenvalue weighted by molar-refractivity contribution is 8.13. The minimum absolute atomic E-state index is 0.509. The second kappa shape index (κ2) is 5.86. The fourth-order valence-corrected chi connectivity index (χ4v) is 2.16.